The number of carbonyl (C=O) groups is 1. The molecule has 0 aliphatic carbocycles. The highest BCUT2D eigenvalue weighted by Gasteiger charge is 2.33. The standard InChI is InChI=1S/C20H20N2O2/c1-12-6-4-7-15(10-12)19-17(16-8-5-9-21-11-16)13(2)22-14(3)18(19)20(23)24/h4-11,19,22H,1-3H3,(H,23,24). The van der Waals surface area contributed by atoms with Crippen molar-refractivity contribution in [3.8, 4) is 0 Å². The molecule has 0 saturated heterocycles. The van der Waals surface area contributed by atoms with Crippen LogP contribution >= 0.6 is 0 Å². The molecule has 0 radical (unpaired) electrons. The van der Waals surface area contributed by atoms with Crippen molar-refractivity contribution in [1.82, 2.24) is 10.3 Å². The fourth-order valence-electron chi connectivity index (χ4n) is 3.37. The third kappa shape index (κ3) is 2.83. The Labute approximate surface area is 141 Å². The third-order valence-corrected chi connectivity index (χ3v) is 4.34. The maximum absolute atomic E-state index is 12.0. The second kappa shape index (κ2) is 6.32. The van der Waals surface area contributed by atoms with E-state index >= 15 is 0 Å². The van der Waals surface area contributed by atoms with E-state index in [2.05, 4.69) is 16.4 Å². The summed E-state index contributed by atoms with van der Waals surface area (Å²) in [4.78, 5) is 16.2. The van der Waals surface area contributed by atoms with Crippen LogP contribution in [0.3, 0.4) is 0 Å². The van der Waals surface area contributed by atoms with Crippen LogP contribution in [0.2, 0.25) is 0 Å². The van der Waals surface area contributed by atoms with Crippen LogP contribution in [0, 0.1) is 6.92 Å². The zero-order valence-corrected chi connectivity index (χ0v) is 14.0. The number of benzene rings is 1. The van der Waals surface area contributed by atoms with Crippen LogP contribution in [0.5, 0.6) is 0 Å². The number of aryl methyl sites for hydroxylation is 1. The van der Waals surface area contributed by atoms with E-state index in [-0.39, 0.29) is 5.92 Å². The lowest BCUT2D eigenvalue weighted by Crippen LogP contribution is -2.27. The van der Waals surface area contributed by atoms with Crippen molar-refractivity contribution in [3.63, 3.8) is 0 Å². The summed E-state index contributed by atoms with van der Waals surface area (Å²) in [5.41, 5.74) is 5.99. The van der Waals surface area contributed by atoms with Crippen molar-refractivity contribution < 1.29 is 9.90 Å². The predicted molar refractivity (Wildman–Crippen MR) is 94.2 cm³/mol. The van der Waals surface area contributed by atoms with Crippen molar-refractivity contribution in [2.24, 2.45) is 0 Å². The van der Waals surface area contributed by atoms with Gasteiger partial charge in [-0.05, 0) is 43.5 Å². The van der Waals surface area contributed by atoms with Crippen molar-refractivity contribution in [2.45, 2.75) is 26.7 Å². The molecule has 1 aliphatic heterocycles. The second-order valence-corrected chi connectivity index (χ2v) is 6.10. The summed E-state index contributed by atoms with van der Waals surface area (Å²) < 4.78 is 0. The van der Waals surface area contributed by atoms with E-state index in [0.717, 1.165) is 28.0 Å². The molecule has 24 heavy (non-hydrogen) atoms. The number of nitrogens with zero attached hydrogens (tertiary/aromatic N) is 1. The first-order valence-electron chi connectivity index (χ1n) is 7.88. The quantitative estimate of drug-likeness (QED) is 0.901. The van der Waals surface area contributed by atoms with Gasteiger partial charge in [-0.25, -0.2) is 4.79 Å². The average Bonchev–Trinajstić information content (AvgIpc) is 2.54. The van der Waals surface area contributed by atoms with E-state index in [1.165, 1.54) is 0 Å². The largest absolute Gasteiger partial charge is 0.478 e. The van der Waals surface area contributed by atoms with Crippen molar-refractivity contribution >= 4 is 11.5 Å². The molecule has 0 amide bonds. The van der Waals surface area contributed by atoms with Gasteiger partial charge >= 0.3 is 5.97 Å². The minimum Gasteiger partial charge on any atom is -0.478 e. The molecular formula is C20H20N2O2. The first-order chi connectivity index (χ1) is 11.5. The minimum atomic E-state index is -0.902. The maximum Gasteiger partial charge on any atom is 0.334 e. The summed E-state index contributed by atoms with van der Waals surface area (Å²) in [5.74, 6) is -1.23. The molecule has 1 aliphatic rings. The highest BCUT2D eigenvalue weighted by Crippen LogP contribution is 2.43. The Morgan fingerprint density at radius 3 is 2.54 bits per heavy atom. The van der Waals surface area contributed by atoms with Gasteiger partial charge in [-0.3, -0.25) is 4.98 Å². The maximum atomic E-state index is 12.0. The normalized spacial score (nSPS) is 17.7. The van der Waals surface area contributed by atoms with E-state index in [9.17, 15) is 9.90 Å². The second-order valence-electron chi connectivity index (χ2n) is 6.10. The molecule has 3 rings (SSSR count). The summed E-state index contributed by atoms with van der Waals surface area (Å²) in [7, 11) is 0. The van der Waals surface area contributed by atoms with E-state index in [1.807, 2.05) is 51.1 Å². The fourth-order valence-corrected chi connectivity index (χ4v) is 3.37. The molecular weight excluding hydrogens is 300 g/mol. The molecule has 1 atom stereocenters. The van der Waals surface area contributed by atoms with Crippen LogP contribution in [0.1, 0.15) is 36.5 Å². The summed E-state index contributed by atoms with van der Waals surface area (Å²) >= 11 is 0. The topological polar surface area (TPSA) is 62.2 Å². The first kappa shape index (κ1) is 16.0. The SMILES string of the molecule is CC1=C(C(=O)O)C(c2cccc(C)c2)C(c2cccnc2)=C(C)N1. The number of allylic oxidation sites excluding steroid dienone is 3. The molecule has 2 N–H and O–H groups in total. The summed E-state index contributed by atoms with van der Waals surface area (Å²) in [6, 6.07) is 11.9. The van der Waals surface area contributed by atoms with Crippen LogP contribution in [0.4, 0.5) is 0 Å². The Kier molecular flexibility index (Phi) is 4.21. The molecule has 4 nitrogen and oxygen atoms in total. The Morgan fingerprint density at radius 2 is 1.92 bits per heavy atom. The zero-order valence-electron chi connectivity index (χ0n) is 14.0. The Hall–Kier alpha value is -2.88. The Morgan fingerprint density at radius 1 is 1.12 bits per heavy atom. The number of aromatic nitrogens is 1. The number of carboxylic acid groups (broad SMARTS) is 1. The van der Waals surface area contributed by atoms with E-state index in [4.69, 9.17) is 0 Å². The molecule has 1 aromatic heterocycles. The molecule has 2 heterocycles. The fraction of sp³-hybridized carbons (Fsp3) is 0.200. The van der Waals surface area contributed by atoms with Crippen molar-refractivity contribution in [3.05, 3.63) is 82.4 Å². The molecule has 0 spiro atoms. The van der Waals surface area contributed by atoms with Crippen LogP contribution < -0.4 is 5.32 Å². The third-order valence-electron chi connectivity index (χ3n) is 4.34. The molecule has 0 saturated carbocycles. The number of aliphatic carboxylic acids is 1. The first-order valence-corrected chi connectivity index (χ1v) is 7.88. The number of pyridine rings is 1. The van der Waals surface area contributed by atoms with Gasteiger partial charge in [0.05, 0.1) is 5.57 Å². The summed E-state index contributed by atoms with van der Waals surface area (Å²) in [6.07, 6.45) is 3.50. The van der Waals surface area contributed by atoms with Gasteiger partial charge in [0.15, 0.2) is 0 Å². The smallest absolute Gasteiger partial charge is 0.334 e. The minimum absolute atomic E-state index is 0.326. The molecule has 122 valence electrons. The highest BCUT2D eigenvalue weighted by atomic mass is 16.4. The van der Waals surface area contributed by atoms with Gasteiger partial charge in [0.2, 0.25) is 0 Å². The number of hydrogen-bond donors (Lipinski definition) is 2. The zero-order chi connectivity index (χ0) is 17.3. The number of rotatable bonds is 3. The monoisotopic (exact) mass is 320 g/mol. The van der Waals surface area contributed by atoms with Gasteiger partial charge < -0.3 is 10.4 Å². The number of nitrogens with one attached hydrogen (secondary N) is 1. The van der Waals surface area contributed by atoms with Crippen LogP contribution in [0.25, 0.3) is 5.57 Å². The Bertz CT molecular complexity index is 851. The van der Waals surface area contributed by atoms with Crippen molar-refractivity contribution in [1.29, 1.82) is 0 Å². The number of dihydropyridines is 1. The molecule has 4 heteroatoms. The van der Waals surface area contributed by atoms with Crippen LogP contribution in [-0.4, -0.2) is 16.1 Å². The van der Waals surface area contributed by atoms with Gasteiger partial charge in [-0.15, -0.1) is 0 Å². The van der Waals surface area contributed by atoms with Gasteiger partial charge in [-0.2, -0.15) is 0 Å². The van der Waals surface area contributed by atoms with Crippen LogP contribution in [-0.2, 0) is 4.79 Å². The van der Waals surface area contributed by atoms with Gasteiger partial charge in [0.1, 0.15) is 0 Å². The summed E-state index contributed by atoms with van der Waals surface area (Å²) in [5, 5.41) is 13.0. The van der Waals surface area contributed by atoms with E-state index < -0.39 is 5.97 Å². The lowest BCUT2D eigenvalue weighted by molar-refractivity contribution is -0.132. The number of hydrogen-bond acceptors (Lipinski definition) is 3. The van der Waals surface area contributed by atoms with Crippen molar-refractivity contribution in [2.75, 3.05) is 0 Å². The molecule has 0 fully saturated rings. The average molecular weight is 320 g/mol. The lowest BCUT2D eigenvalue weighted by atomic mass is 9.78. The van der Waals surface area contributed by atoms with E-state index in [1.54, 1.807) is 12.4 Å². The Balaban J connectivity index is 2.25. The van der Waals surface area contributed by atoms with Gasteiger partial charge in [-0.1, -0.05) is 35.9 Å². The molecule has 1 aromatic carbocycles. The highest BCUT2D eigenvalue weighted by molar-refractivity contribution is 5.96. The molecule has 1 unspecified atom stereocenters. The lowest BCUT2D eigenvalue weighted by Gasteiger charge is -2.31. The van der Waals surface area contributed by atoms with E-state index in [0.29, 0.717) is 11.3 Å². The summed E-state index contributed by atoms with van der Waals surface area (Å²) in [6.45, 7) is 5.81. The molecule has 0 bridgehead atoms. The molecule has 2 aromatic rings. The van der Waals surface area contributed by atoms with Crippen LogP contribution in [0.15, 0.2) is 65.8 Å². The van der Waals surface area contributed by atoms with Gasteiger partial charge in [0, 0.05) is 29.7 Å². The number of carboxylic acids is 1. The van der Waals surface area contributed by atoms with Gasteiger partial charge in [0.25, 0.3) is 0 Å². The predicted octanol–water partition coefficient (Wildman–Crippen LogP) is 3.87.